The second-order valence-electron chi connectivity index (χ2n) is 6.20. The molecule has 4 rings (SSSR count). The van der Waals surface area contributed by atoms with Crippen molar-refractivity contribution in [3.8, 4) is 0 Å². The third-order valence-electron chi connectivity index (χ3n) is 4.20. The Morgan fingerprint density at radius 1 is 1.13 bits per heavy atom. The van der Waals surface area contributed by atoms with E-state index in [1.165, 1.54) is 42.7 Å². The molecule has 0 bridgehead atoms. The van der Waals surface area contributed by atoms with Crippen LogP contribution in [0, 0.1) is 0 Å². The van der Waals surface area contributed by atoms with E-state index in [-0.39, 0.29) is 18.0 Å². The van der Waals surface area contributed by atoms with Crippen LogP contribution in [0.25, 0.3) is 27.2 Å². The van der Waals surface area contributed by atoms with E-state index in [0.717, 1.165) is 10.2 Å². The van der Waals surface area contributed by atoms with Gasteiger partial charge in [0, 0.05) is 6.08 Å². The summed E-state index contributed by atoms with van der Waals surface area (Å²) in [6.07, 6.45) is 2.85. The van der Waals surface area contributed by atoms with Crippen molar-refractivity contribution in [3.05, 3.63) is 75.3 Å². The second-order valence-corrected chi connectivity index (χ2v) is 7.26. The lowest BCUT2D eigenvalue weighted by molar-refractivity contribution is -0.139. The Labute approximate surface area is 173 Å². The first kappa shape index (κ1) is 19.5. The van der Waals surface area contributed by atoms with Gasteiger partial charge in [-0.3, -0.25) is 4.79 Å². The lowest BCUT2D eigenvalue weighted by atomic mass is 10.1. The molecule has 8 nitrogen and oxygen atoms in total. The Kier molecular flexibility index (Phi) is 5.36. The number of hydrogen-bond acceptors (Lipinski definition) is 8. The molecule has 2 aromatic carbocycles. The molecule has 0 atom stereocenters. The number of benzene rings is 2. The van der Waals surface area contributed by atoms with Gasteiger partial charge in [-0.2, -0.15) is 0 Å². The Morgan fingerprint density at radius 3 is 2.77 bits per heavy atom. The number of hydrogen-bond donors (Lipinski definition) is 1. The Bertz CT molecular complexity index is 1320. The van der Waals surface area contributed by atoms with Crippen molar-refractivity contribution >= 4 is 50.5 Å². The molecule has 0 fully saturated rings. The summed E-state index contributed by atoms with van der Waals surface area (Å²) in [5, 5.41) is 0.995. The first-order valence-corrected chi connectivity index (χ1v) is 9.67. The highest BCUT2D eigenvalue weighted by molar-refractivity contribution is 7.19. The molecule has 0 aliphatic carbocycles. The zero-order valence-corrected chi connectivity index (χ0v) is 16.6. The average molecular weight is 421 g/mol. The summed E-state index contributed by atoms with van der Waals surface area (Å²) in [7, 11) is 1.27. The lowest BCUT2D eigenvalue weighted by Gasteiger charge is -2.05. The number of nitrogens with zero attached hydrogens (tertiary/aromatic N) is 2. The summed E-state index contributed by atoms with van der Waals surface area (Å²) < 4.78 is 10.8. The molecule has 2 aromatic heterocycles. The van der Waals surface area contributed by atoms with Gasteiger partial charge in [-0.1, -0.05) is 12.1 Å². The van der Waals surface area contributed by atoms with Gasteiger partial charge in [-0.05, 0) is 36.4 Å². The molecular formula is C21H15N3O5S. The van der Waals surface area contributed by atoms with Crippen molar-refractivity contribution in [3.63, 3.8) is 0 Å². The van der Waals surface area contributed by atoms with Gasteiger partial charge in [-0.25, -0.2) is 19.6 Å². The maximum atomic E-state index is 12.2. The van der Waals surface area contributed by atoms with Gasteiger partial charge in [0.05, 0.1) is 33.8 Å². The van der Waals surface area contributed by atoms with Crippen LogP contribution in [0.1, 0.15) is 21.2 Å². The van der Waals surface area contributed by atoms with Gasteiger partial charge in [0.2, 0.25) is 0 Å². The van der Waals surface area contributed by atoms with E-state index in [2.05, 4.69) is 19.7 Å². The minimum absolute atomic E-state index is 0.163. The molecular weight excluding hydrogens is 406 g/mol. The predicted molar refractivity (Wildman–Crippen MR) is 112 cm³/mol. The second kappa shape index (κ2) is 8.26. The molecule has 0 unspecified atom stereocenters. The molecule has 0 aliphatic heterocycles. The van der Waals surface area contributed by atoms with E-state index in [4.69, 9.17) is 4.74 Å². The lowest BCUT2D eigenvalue weighted by Crippen LogP contribution is -2.14. The number of para-hydroxylation sites is 1. The van der Waals surface area contributed by atoms with Crippen LogP contribution in [0.2, 0.25) is 0 Å². The molecule has 0 saturated heterocycles. The topological polar surface area (TPSA) is 111 Å². The fraction of sp³-hybridized carbons (Fsp3) is 0.0952. The van der Waals surface area contributed by atoms with E-state index in [9.17, 15) is 14.4 Å². The molecule has 30 heavy (non-hydrogen) atoms. The number of ether oxygens (including phenoxy) is 2. The highest BCUT2D eigenvalue weighted by Crippen LogP contribution is 2.22. The number of aromatic amines is 1. The summed E-state index contributed by atoms with van der Waals surface area (Å²) in [4.78, 5) is 47.1. The molecule has 0 radical (unpaired) electrons. The first-order valence-electron chi connectivity index (χ1n) is 8.85. The fourth-order valence-corrected chi connectivity index (χ4v) is 3.66. The van der Waals surface area contributed by atoms with Crippen LogP contribution < -0.4 is 5.56 Å². The number of thiazole rings is 1. The van der Waals surface area contributed by atoms with Crippen molar-refractivity contribution < 1.29 is 19.1 Å². The van der Waals surface area contributed by atoms with E-state index in [0.29, 0.717) is 15.9 Å². The van der Waals surface area contributed by atoms with Crippen LogP contribution in [-0.2, 0) is 20.9 Å². The van der Waals surface area contributed by atoms with Gasteiger partial charge in [-0.15, -0.1) is 11.3 Å². The normalized spacial score (nSPS) is 11.2. The van der Waals surface area contributed by atoms with Gasteiger partial charge < -0.3 is 14.5 Å². The predicted octanol–water partition coefficient (Wildman–Crippen LogP) is 3.08. The van der Waals surface area contributed by atoms with Crippen molar-refractivity contribution in [2.24, 2.45) is 0 Å². The van der Waals surface area contributed by atoms with Crippen LogP contribution in [0.4, 0.5) is 0 Å². The molecule has 9 heteroatoms. The third kappa shape index (κ3) is 4.11. The number of rotatable bonds is 5. The molecule has 0 spiro atoms. The largest absolute Gasteiger partial charge is 0.465 e. The van der Waals surface area contributed by atoms with Crippen LogP contribution in [0.3, 0.4) is 0 Å². The number of fused-ring (bicyclic) bond motifs is 2. The quantitative estimate of drug-likeness (QED) is 0.389. The Balaban J connectivity index is 1.47. The van der Waals surface area contributed by atoms with Crippen molar-refractivity contribution in [2.75, 3.05) is 7.11 Å². The summed E-state index contributed by atoms with van der Waals surface area (Å²) in [5.41, 5.74) is 1.04. The summed E-state index contributed by atoms with van der Waals surface area (Å²) in [5.74, 6) is -0.969. The van der Waals surface area contributed by atoms with E-state index < -0.39 is 17.5 Å². The van der Waals surface area contributed by atoms with E-state index in [1.807, 2.05) is 24.3 Å². The van der Waals surface area contributed by atoms with Crippen LogP contribution in [0.15, 0.2) is 53.3 Å². The molecule has 0 aliphatic rings. The van der Waals surface area contributed by atoms with E-state index >= 15 is 0 Å². The molecule has 0 amide bonds. The number of esters is 2. The number of carbonyl (C=O) groups is 2. The standard InChI is InChI=1S/C21H15N3O5S/c1-28-21(27)12-6-7-13-15(10-12)22-17(24-20(13)26)11-29-19(25)9-8-18-23-14-4-2-3-5-16(14)30-18/h2-10H,11H2,1H3,(H,22,24,26). The summed E-state index contributed by atoms with van der Waals surface area (Å²) >= 11 is 1.46. The van der Waals surface area contributed by atoms with Crippen LogP contribution >= 0.6 is 11.3 Å². The molecule has 0 saturated carbocycles. The maximum Gasteiger partial charge on any atom is 0.337 e. The summed E-state index contributed by atoms with van der Waals surface area (Å²) in [6.45, 7) is -0.226. The third-order valence-corrected chi connectivity index (χ3v) is 5.20. The Morgan fingerprint density at radius 2 is 1.97 bits per heavy atom. The van der Waals surface area contributed by atoms with Crippen molar-refractivity contribution in [1.82, 2.24) is 15.0 Å². The zero-order chi connectivity index (χ0) is 21.1. The van der Waals surface area contributed by atoms with Gasteiger partial charge in [0.1, 0.15) is 17.4 Å². The molecule has 4 aromatic rings. The zero-order valence-electron chi connectivity index (χ0n) is 15.7. The van der Waals surface area contributed by atoms with E-state index in [1.54, 1.807) is 6.08 Å². The number of nitrogens with one attached hydrogen (secondary N) is 1. The number of H-pyrrole nitrogens is 1. The highest BCUT2D eigenvalue weighted by Gasteiger charge is 2.11. The SMILES string of the molecule is COC(=O)c1ccc2c(=O)[nH]c(COC(=O)C=Cc3nc4ccccc4s3)nc2c1. The number of carbonyl (C=O) groups excluding carboxylic acids is 2. The van der Waals surface area contributed by atoms with Crippen LogP contribution in [-0.4, -0.2) is 34.0 Å². The monoisotopic (exact) mass is 421 g/mol. The molecule has 2 heterocycles. The summed E-state index contributed by atoms with van der Waals surface area (Å²) in [6, 6.07) is 12.1. The maximum absolute atomic E-state index is 12.2. The van der Waals surface area contributed by atoms with Crippen molar-refractivity contribution in [1.29, 1.82) is 0 Å². The van der Waals surface area contributed by atoms with Gasteiger partial charge in [0.15, 0.2) is 0 Å². The smallest absolute Gasteiger partial charge is 0.337 e. The minimum Gasteiger partial charge on any atom is -0.465 e. The number of methoxy groups -OCH3 is 1. The Hall–Kier alpha value is -3.85. The molecule has 1 N–H and O–H groups in total. The van der Waals surface area contributed by atoms with Gasteiger partial charge in [0.25, 0.3) is 5.56 Å². The number of aromatic nitrogens is 3. The first-order chi connectivity index (χ1) is 14.5. The van der Waals surface area contributed by atoms with Gasteiger partial charge >= 0.3 is 11.9 Å². The minimum atomic E-state index is -0.597. The highest BCUT2D eigenvalue weighted by atomic mass is 32.1. The fourth-order valence-electron chi connectivity index (χ4n) is 2.79. The van der Waals surface area contributed by atoms with Crippen LogP contribution in [0.5, 0.6) is 0 Å². The molecule has 150 valence electrons. The van der Waals surface area contributed by atoms with Crippen molar-refractivity contribution in [2.45, 2.75) is 6.61 Å². The average Bonchev–Trinajstić information content (AvgIpc) is 3.18.